The molecule has 0 aliphatic carbocycles. The van der Waals surface area contributed by atoms with Gasteiger partial charge in [0.25, 0.3) is 0 Å². The van der Waals surface area contributed by atoms with Gasteiger partial charge in [0.1, 0.15) is 4.32 Å². The van der Waals surface area contributed by atoms with Gasteiger partial charge in [0, 0.05) is 6.54 Å². The Morgan fingerprint density at radius 3 is 0.947 bits per heavy atom. The van der Waals surface area contributed by atoms with E-state index in [1.165, 1.54) is 180 Å². The lowest BCUT2D eigenvalue weighted by molar-refractivity contribution is 0.513. The van der Waals surface area contributed by atoms with E-state index in [1.807, 2.05) is 0 Å². The number of unbranched alkanes of at least 4 members (excludes halogenated alkanes) is 28. The van der Waals surface area contributed by atoms with Gasteiger partial charge in [-0.1, -0.05) is 186 Å². The quantitative estimate of drug-likeness (QED) is 0.0279. The maximum absolute atomic E-state index is 9.98. The SMILES string of the molecule is O=C=NCCCCCCCCCCCCCCCCCCCCCCCCCCCCCCCNC(=S)S. The number of nitrogens with zero attached hydrogens (tertiary/aromatic N) is 1. The first-order valence-electron chi connectivity index (χ1n) is 16.8. The van der Waals surface area contributed by atoms with Crippen LogP contribution < -0.4 is 5.32 Å². The van der Waals surface area contributed by atoms with Crippen molar-refractivity contribution < 1.29 is 4.79 Å². The summed E-state index contributed by atoms with van der Waals surface area (Å²) in [6.07, 6.45) is 42.1. The number of thiol groups is 1. The van der Waals surface area contributed by atoms with E-state index in [2.05, 4.69) is 22.9 Å². The Morgan fingerprint density at radius 1 is 0.474 bits per heavy atom. The summed E-state index contributed by atoms with van der Waals surface area (Å²) >= 11 is 8.98. The molecule has 0 aliphatic heterocycles. The molecule has 0 amide bonds. The molecular formula is C33H64N2OS2. The molecule has 38 heavy (non-hydrogen) atoms. The molecule has 0 fully saturated rings. The van der Waals surface area contributed by atoms with Crippen LogP contribution in [0.4, 0.5) is 0 Å². The zero-order chi connectivity index (χ0) is 27.6. The Balaban J connectivity index is 3.03. The van der Waals surface area contributed by atoms with E-state index in [0.717, 1.165) is 13.0 Å². The molecule has 224 valence electrons. The molecule has 0 radical (unpaired) electrons. The fraction of sp³-hybridized carbons (Fsp3) is 0.939. The van der Waals surface area contributed by atoms with Crippen molar-refractivity contribution in [3.8, 4) is 0 Å². The van der Waals surface area contributed by atoms with Crippen LogP contribution in [0.15, 0.2) is 4.99 Å². The van der Waals surface area contributed by atoms with E-state index < -0.39 is 0 Å². The highest BCUT2D eigenvalue weighted by molar-refractivity contribution is 8.11. The summed E-state index contributed by atoms with van der Waals surface area (Å²) in [6.45, 7) is 1.65. The minimum Gasteiger partial charge on any atom is -0.371 e. The Kier molecular flexibility index (Phi) is 34.3. The molecule has 0 saturated heterocycles. The van der Waals surface area contributed by atoms with Gasteiger partial charge in [-0.25, -0.2) is 9.79 Å². The molecule has 5 heteroatoms. The van der Waals surface area contributed by atoms with Crippen LogP contribution in [0.5, 0.6) is 0 Å². The second kappa shape index (κ2) is 34.6. The zero-order valence-corrected chi connectivity index (χ0v) is 26.8. The maximum Gasteiger partial charge on any atom is 0.234 e. The lowest BCUT2D eigenvalue weighted by Gasteiger charge is -2.05. The van der Waals surface area contributed by atoms with Crippen LogP contribution in [-0.4, -0.2) is 23.5 Å². The van der Waals surface area contributed by atoms with Crippen LogP contribution in [0.3, 0.4) is 0 Å². The number of carbonyl (C=O) groups excluding carboxylic acids is 1. The van der Waals surface area contributed by atoms with Crippen molar-refractivity contribution in [2.24, 2.45) is 4.99 Å². The molecule has 3 nitrogen and oxygen atoms in total. The van der Waals surface area contributed by atoms with E-state index in [0.29, 0.717) is 10.9 Å². The first-order valence-corrected chi connectivity index (χ1v) is 17.6. The second-order valence-corrected chi connectivity index (χ2v) is 12.6. The lowest BCUT2D eigenvalue weighted by atomic mass is 10.0. The fourth-order valence-corrected chi connectivity index (χ4v) is 5.54. The average Bonchev–Trinajstić information content (AvgIpc) is 2.91. The Hall–Kier alpha value is -0.380. The zero-order valence-electron chi connectivity index (χ0n) is 25.1. The summed E-state index contributed by atoms with van der Waals surface area (Å²) in [7, 11) is 0. The molecule has 0 rings (SSSR count). The van der Waals surface area contributed by atoms with Crippen LogP contribution in [0.25, 0.3) is 0 Å². The molecule has 0 aromatic rings. The number of aliphatic imine (C=N–C) groups is 1. The molecule has 0 heterocycles. The number of nitrogens with one attached hydrogen (secondary N) is 1. The average molecular weight is 569 g/mol. The van der Waals surface area contributed by atoms with Crippen molar-refractivity contribution in [3.05, 3.63) is 0 Å². The van der Waals surface area contributed by atoms with E-state index in [9.17, 15) is 4.79 Å². The standard InChI is InChI=1S/C33H64N2OS2/c36-32-34-30-28-26-24-22-20-18-16-14-12-10-8-6-4-2-1-3-5-7-9-11-13-15-17-19-21-23-25-27-29-31-35-33(37)38/h1-31H2,(H2,35,37,38). The van der Waals surface area contributed by atoms with Crippen molar-refractivity contribution in [1.82, 2.24) is 5.32 Å². The van der Waals surface area contributed by atoms with Crippen LogP contribution in [-0.2, 0) is 4.79 Å². The van der Waals surface area contributed by atoms with Gasteiger partial charge < -0.3 is 5.32 Å². The Bertz CT molecular complexity index is 491. The van der Waals surface area contributed by atoms with E-state index in [4.69, 9.17) is 12.2 Å². The molecule has 0 atom stereocenters. The van der Waals surface area contributed by atoms with Crippen LogP contribution in [0.1, 0.15) is 186 Å². The van der Waals surface area contributed by atoms with Crippen LogP contribution >= 0.6 is 24.8 Å². The van der Waals surface area contributed by atoms with Crippen LogP contribution in [0, 0.1) is 0 Å². The topological polar surface area (TPSA) is 41.5 Å². The van der Waals surface area contributed by atoms with Crippen molar-refractivity contribution >= 4 is 35.2 Å². The summed E-state index contributed by atoms with van der Waals surface area (Å²) < 4.78 is 0.624. The first-order chi connectivity index (χ1) is 18.8. The summed E-state index contributed by atoms with van der Waals surface area (Å²) in [6, 6.07) is 0. The number of thiocarbonyl (C=S) groups is 1. The number of rotatable bonds is 32. The number of hydrogen-bond acceptors (Lipinski definition) is 3. The molecule has 0 bridgehead atoms. The largest absolute Gasteiger partial charge is 0.371 e. The number of hydrogen-bond donors (Lipinski definition) is 2. The molecule has 0 aromatic carbocycles. The molecule has 0 unspecified atom stereocenters. The molecule has 1 N–H and O–H groups in total. The van der Waals surface area contributed by atoms with Gasteiger partial charge in [0.15, 0.2) is 0 Å². The molecule has 0 saturated carbocycles. The first kappa shape index (κ1) is 37.6. The number of isocyanates is 1. The summed E-state index contributed by atoms with van der Waals surface area (Å²) in [5.41, 5.74) is 0. The van der Waals surface area contributed by atoms with Crippen molar-refractivity contribution in [3.63, 3.8) is 0 Å². The maximum atomic E-state index is 9.98. The van der Waals surface area contributed by atoms with Gasteiger partial charge in [0.2, 0.25) is 6.08 Å². The lowest BCUT2D eigenvalue weighted by Crippen LogP contribution is -2.17. The summed E-state index contributed by atoms with van der Waals surface area (Å²) in [5, 5.41) is 3.11. The third kappa shape index (κ3) is 35.6. The monoisotopic (exact) mass is 568 g/mol. The molecule has 0 aliphatic rings. The molecule has 0 aromatic heterocycles. The highest BCUT2D eigenvalue weighted by atomic mass is 32.1. The molecular weight excluding hydrogens is 505 g/mol. The fourth-order valence-electron chi connectivity index (χ4n) is 5.33. The van der Waals surface area contributed by atoms with Gasteiger partial charge in [-0.05, 0) is 12.8 Å². The van der Waals surface area contributed by atoms with Gasteiger partial charge in [0.05, 0.1) is 6.54 Å². The van der Waals surface area contributed by atoms with E-state index in [1.54, 1.807) is 6.08 Å². The van der Waals surface area contributed by atoms with Crippen molar-refractivity contribution in [1.29, 1.82) is 0 Å². The second-order valence-electron chi connectivity index (χ2n) is 11.5. The highest BCUT2D eigenvalue weighted by Crippen LogP contribution is 2.16. The van der Waals surface area contributed by atoms with Crippen molar-refractivity contribution in [2.75, 3.05) is 13.1 Å². The minimum atomic E-state index is 0.624. The third-order valence-corrected chi connectivity index (χ3v) is 8.09. The molecule has 0 spiro atoms. The summed E-state index contributed by atoms with van der Waals surface area (Å²) in [4.78, 5) is 13.6. The highest BCUT2D eigenvalue weighted by Gasteiger charge is 1.97. The third-order valence-electron chi connectivity index (χ3n) is 7.79. The Labute approximate surface area is 249 Å². The Morgan fingerprint density at radius 2 is 0.711 bits per heavy atom. The normalized spacial score (nSPS) is 11.0. The predicted molar refractivity (Wildman–Crippen MR) is 176 cm³/mol. The van der Waals surface area contributed by atoms with Gasteiger partial charge >= 0.3 is 0 Å². The minimum absolute atomic E-state index is 0.624. The van der Waals surface area contributed by atoms with E-state index >= 15 is 0 Å². The van der Waals surface area contributed by atoms with Crippen molar-refractivity contribution in [2.45, 2.75) is 186 Å². The van der Waals surface area contributed by atoms with Gasteiger partial charge in [-0.15, -0.1) is 12.6 Å². The van der Waals surface area contributed by atoms with Gasteiger partial charge in [-0.2, -0.15) is 0 Å². The smallest absolute Gasteiger partial charge is 0.234 e. The van der Waals surface area contributed by atoms with E-state index in [-0.39, 0.29) is 0 Å². The van der Waals surface area contributed by atoms with Crippen LogP contribution in [0.2, 0.25) is 0 Å². The summed E-state index contributed by atoms with van der Waals surface area (Å²) in [5.74, 6) is 0. The van der Waals surface area contributed by atoms with Gasteiger partial charge in [-0.3, -0.25) is 0 Å². The predicted octanol–water partition coefficient (Wildman–Crippen LogP) is 11.4.